The van der Waals surface area contributed by atoms with E-state index in [9.17, 15) is 68.3 Å². The summed E-state index contributed by atoms with van der Waals surface area (Å²) >= 11 is 0. The quantitative estimate of drug-likeness (QED) is 0.129. The number of carbonyl (C=O) groups excluding carboxylic acids is 6. The number of hydrogen-bond donors (Lipinski definition) is 0. The summed E-state index contributed by atoms with van der Waals surface area (Å²) in [4.78, 5) is 65.1. The minimum absolute atomic E-state index is 0. The van der Waals surface area contributed by atoms with Crippen LogP contribution in [0, 0.1) is 49.4 Å². The Morgan fingerprint density at radius 3 is 0.696 bits per heavy atom. The van der Waals surface area contributed by atoms with Crippen molar-refractivity contribution in [3.63, 3.8) is 0 Å². The Labute approximate surface area is 295 Å². The van der Waals surface area contributed by atoms with Crippen LogP contribution in [0.5, 0.6) is 0 Å². The molecule has 247 valence electrons. The van der Waals surface area contributed by atoms with Crippen LogP contribution in [0.1, 0.15) is 50.3 Å². The summed E-state index contributed by atoms with van der Waals surface area (Å²) in [5, 5.41) is 0. The van der Waals surface area contributed by atoms with Crippen LogP contribution < -0.4 is 0 Å². The molecule has 0 aromatic heterocycles. The first kappa shape index (κ1) is 42.6. The molecule has 46 heavy (non-hydrogen) atoms. The van der Waals surface area contributed by atoms with Gasteiger partial charge in [0.05, 0.1) is 19.3 Å². The van der Waals surface area contributed by atoms with E-state index in [2.05, 4.69) is 0 Å². The zero-order chi connectivity index (χ0) is 34.4. The van der Waals surface area contributed by atoms with Gasteiger partial charge in [-0.2, -0.15) is 39.5 Å². The number of alkyl halides is 9. The number of ketones is 6. The van der Waals surface area contributed by atoms with Crippen LogP contribution in [0.3, 0.4) is 0 Å². The van der Waals surface area contributed by atoms with Crippen molar-refractivity contribution in [2.24, 2.45) is 0 Å². The van der Waals surface area contributed by atoms with E-state index in [0.717, 1.165) is 0 Å². The molecule has 0 unspecified atom stereocenters. The largest absolute Gasteiger partial charge is 0.450 e. The Hall–Kier alpha value is -3.37. The maximum absolute atomic E-state index is 11.8. The van der Waals surface area contributed by atoms with Gasteiger partial charge in [-0.15, -0.1) is 0 Å². The van der Waals surface area contributed by atoms with Crippen LogP contribution in [-0.2, 0) is 14.4 Å². The molecule has 0 N–H and O–H groups in total. The molecule has 0 atom stereocenters. The van der Waals surface area contributed by atoms with Gasteiger partial charge in [0.2, 0.25) is 17.3 Å². The molecular formula is C30H21EuF9O6. The van der Waals surface area contributed by atoms with Gasteiger partial charge in [0, 0.05) is 66.1 Å². The first-order valence-electron chi connectivity index (χ1n) is 12.3. The Morgan fingerprint density at radius 1 is 0.370 bits per heavy atom. The van der Waals surface area contributed by atoms with Gasteiger partial charge >= 0.3 is 18.5 Å². The average Bonchev–Trinajstić information content (AvgIpc) is 2.97. The van der Waals surface area contributed by atoms with E-state index in [0.29, 0.717) is 0 Å². The van der Waals surface area contributed by atoms with E-state index in [1.165, 1.54) is 72.8 Å². The van der Waals surface area contributed by atoms with Crippen molar-refractivity contribution < 1.29 is 118 Å². The van der Waals surface area contributed by atoms with E-state index in [4.69, 9.17) is 0 Å². The number of Topliss-reactive ketones (excluding diaryl/α,β-unsaturated/α-hetero) is 6. The van der Waals surface area contributed by atoms with Gasteiger partial charge in [-0.05, 0) is 0 Å². The molecule has 0 amide bonds. The summed E-state index contributed by atoms with van der Waals surface area (Å²) in [6, 6.07) is 22.2. The van der Waals surface area contributed by atoms with Crippen molar-refractivity contribution in [1.29, 1.82) is 0 Å². The summed E-state index contributed by atoms with van der Waals surface area (Å²) in [6.07, 6.45) is -18.2. The normalized spacial score (nSPS) is 10.9. The minimum atomic E-state index is -4.94. The number of hydrogen-bond acceptors (Lipinski definition) is 6. The Bertz CT molecular complexity index is 1290. The zero-order valence-corrected chi connectivity index (χ0v) is 25.4. The second-order valence-corrected chi connectivity index (χ2v) is 8.66. The van der Waals surface area contributed by atoms with Crippen LogP contribution in [-0.4, -0.2) is 53.2 Å². The third-order valence-corrected chi connectivity index (χ3v) is 5.20. The molecule has 3 aromatic rings. The van der Waals surface area contributed by atoms with Crippen molar-refractivity contribution in [2.45, 2.75) is 37.8 Å². The van der Waals surface area contributed by atoms with Gasteiger partial charge < -0.3 is 0 Å². The van der Waals surface area contributed by atoms with Crippen molar-refractivity contribution in [3.05, 3.63) is 108 Å². The number of halogens is 9. The first-order chi connectivity index (χ1) is 20.7. The maximum atomic E-state index is 11.8. The van der Waals surface area contributed by atoms with Crippen molar-refractivity contribution in [2.75, 3.05) is 0 Å². The molecule has 16 heteroatoms. The van der Waals surface area contributed by atoms with Gasteiger partial charge in [0.25, 0.3) is 0 Å². The van der Waals surface area contributed by atoms with Crippen LogP contribution in [0.4, 0.5) is 39.5 Å². The molecule has 0 aliphatic carbocycles. The van der Waals surface area contributed by atoms with E-state index >= 15 is 0 Å². The molecule has 6 nitrogen and oxygen atoms in total. The molecule has 0 heterocycles. The number of rotatable bonds is 9. The van der Waals surface area contributed by atoms with Crippen LogP contribution >= 0.6 is 0 Å². The molecule has 3 aromatic carbocycles. The van der Waals surface area contributed by atoms with Crippen LogP contribution in [0.2, 0.25) is 0 Å². The average molecular weight is 800 g/mol. The fourth-order valence-corrected chi connectivity index (χ4v) is 2.92. The standard InChI is InChI=1S/3C10H7F3O2.Eu/c3*11-10(12,13)9(15)6-8(14)7-4-2-1-3-5-7;/h3*1-5H,6H2;. The van der Waals surface area contributed by atoms with Gasteiger partial charge in [-0.3, -0.25) is 28.8 Å². The van der Waals surface area contributed by atoms with E-state index in [1.807, 2.05) is 0 Å². The minimum Gasteiger partial charge on any atom is -0.294 e. The summed E-state index contributed by atoms with van der Waals surface area (Å²) in [6.45, 7) is 0. The molecule has 0 saturated heterocycles. The summed E-state index contributed by atoms with van der Waals surface area (Å²) in [7, 11) is 0. The molecule has 0 bridgehead atoms. The predicted octanol–water partition coefficient (Wildman–Crippen LogP) is 7.17. The molecule has 0 saturated carbocycles. The van der Waals surface area contributed by atoms with Crippen molar-refractivity contribution >= 4 is 34.7 Å². The van der Waals surface area contributed by atoms with Gasteiger partial charge in [0.1, 0.15) is 0 Å². The number of carbonyl (C=O) groups is 6. The third kappa shape index (κ3) is 16.3. The van der Waals surface area contributed by atoms with Gasteiger partial charge in [0.15, 0.2) is 17.3 Å². The van der Waals surface area contributed by atoms with Crippen LogP contribution in [0.25, 0.3) is 0 Å². The summed E-state index contributed by atoms with van der Waals surface area (Å²) in [5.74, 6) is -8.52. The molecule has 1 radical (unpaired) electrons. The topological polar surface area (TPSA) is 102 Å². The van der Waals surface area contributed by atoms with E-state index in [-0.39, 0.29) is 66.1 Å². The van der Waals surface area contributed by atoms with Gasteiger partial charge in [-0.25, -0.2) is 0 Å². The predicted molar refractivity (Wildman–Crippen MR) is 139 cm³/mol. The monoisotopic (exact) mass is 801 g/mol. The molecule has 3 rings (SSSR count). The Morgan fingerprint density at radius 2 is 0.543 bits per heavy atom. The third-order valence-electron chi connectivity index (χ3n) is 5.20. The first-order valence-corrected chi connectivity index (χ1v) is 12.3. The van der Waals surface area contributed by atoms with Crippen LogP contribution in [0.15, 0.2) is 91.0 Å². The summed E-state index contributed by atoms with van der Waals surface area (Å²) < 4.78 is 106. The van der Waals surface area contributed by atoms with Gasteiger partial charge in [-0.1, -0.05) is 91.0 Å². The molecule has 0 aliphatic rings. The number of benzene rings is 3. The molecule has 0 spiro atoms. The summed E-state index contributed by atoms with van der Waals surface area (Å²) in [5.41, 5.74) is 0.320. The molecular weight excluding hydrogens is 779 g/mol. The Balaban J connectivity index is 0.000000653. The second-order valence-electron chi connectivity index (χ2n) is 8.66. The smallest absolute Gasteiger partial charge is 0.294 e. The SMILES string of the molecule is O=C(CC(=O)C(F)(F)F)c1ccccc1.O=C(CC(=O)C(F)(F)F)c1ccccc1.O=C(CC(=O)C(F)(F)F)c1ccccc1.[Eu]. The van der Waals surface area contributed by atoms with E-state index < -0.39 is 72.5 Å². The van der Waals surface area contributed by atoms with Crippen molar-refractivity contribution in [1.82, 2.24) is 0 Å². The second kappa shape index (κ2) is 19.3. The molecule has 0 fully saturated rings. The molecule has 0 aliphatic heterocycles. The maximum Gasteiger partial charge on any atom is 0.450 e. The Kier molecular flexibility index (Phi) is 17.9. The fraction of sp³-hybridized carbons (Fsp3) is 0.200. The van der Waals surface area contributed by atoms with Crippen molar-refractivity contribution in [3.8, 4) is 0 Å². The fourth-order valence-electron chi connectivity index (χ4n) is 2.92. The van der Waals surface area contributed by atoms with E-state index in [1.54, 1.807) is 18.2 Å². The zero-order valence-electron chi connectivity index (χ0n) is 23.0.